The third-order valence-electron chi connectivity index (χ3n) is 4.76. The molecule has 0 saturated heterocycles. The van der Waals surface area contributed by atoms with Crippen LogP contribution in [-0.4, -0.2) is 43.2 Å². The SMILES string of the molecule is C=CC(=O)OCC(C)(COC(=O)C=C)NC(=O)COc1ccc2sc3ccccc3c(=O)c2c1. The lowest BCUT2D eigenvalue weighted by Crippen LogP contribution is -2.54. The fourth-order valence-corrected chi connectivity index (χ4v) is 4.14. The summed E-state index contributed by atoms with van der Waals surface area (Å²) in [5.74, 6) is -1.58. The van der Waals surface area contributed by atoms with E-state index in [-0.39, 0.29) is 25.2 Å². The molecule has 0 spiro atoms. The average Bonchev–Trinajstić information content (AvgIpc) is 2.85. The average molecular weight is 482 g/mol. The Morgan fingerprint density at radius 1 is 0.971 bits per heavy atom. The first kappa shape index (κ1) is 24.7. The van der Waals surface area contributed by atoms with Crippen LogP contribution in [0.1, 0.15) is 6.92 Å². The van der Waals surface area contributed by atoms with Crippen molar-refractivity contribution in [3.05, 3.63) is 78.0 Å². The number of esters is 2. The highest BCUT2D eigenvalue weighted by molar-refractivity contribution is 7.24. The predicted molar refractivity (Wildman–Crippen MR) is 130 cm³/mol. The molecule has 9 heteroatoms. The molecule has 0 atom stereocenters. The van der Waals surface area contributed by atoms with Crippen LogP contribution in [0.2, 0.25) is 0 Å². The van der Waals surface area contributed by atoms with E-state index >= 15 is 0 Å². The number of hydrogen-bond donors (Lipinski definition) is 1. The molecule has 3 rings (SSSR count). The molecule has 8 nitrogen and oxygen atoms in total. The van der Waals surface area contributed by atoms with Crippen molar-refractivity contribution in [2.75, 3.05) is 19.8 Å². The highest BCUT2D eigenvalue weighted by Gasteiger charge is 2.30. The Balaban J connectivity index is 1.71. The standard InChI is InChI=1S/C25H23NO7S/c1-4-22(28)32-14-25(3,15-33-23(29)5-2)26-21(27)13-31-16-10-11-20-18(12-16)24(30)17-8-6-7-9-19(17)34-20/h4-12H,1-2,13-15H2,3H3,(H,26,27). The zero-order valence-corrected chi connectivity index (χ0v) is 19.3. The number of benzene rings is 2. The lowest BCUT2D eigenvalue weighted by atomic mass is 10.1. The molecule has 0 aliphatic heterocycles. The third-order valence-corrected chi connectivity index (χ3v) is 5.91. The number of amides is 1. The summed E-state index contributed by atoms with van der Waals surface area (Å²) in [7, 11) is 0. The normalized spacial score (nSPS) is 11.0. The molecule has 1 heterocycles. The van der Waals surface area contributed by atoms with E-state index < -0.39 is 23.4 Å². The summed E-state index contributed by atoms with van der Waals surface area (Å²) in [6, 6.07) is 12.4. The lowest BCUT2D eigenvalue weighted by Gasteiger charge is -2.29. The summed E-state index contributed by atoms with van der Waals surface area (Å²) >= 11 is 1.49. The summed E-state index contributed by atoms with van der Waals surface area (Å²) in [5.41, 5.74) is -1.33. The Kier molecular flexibility index (Phi) is 7.80. The molecular formula is C25H23NO7S. The molecule has 1 aromatic heterocycles. The summed E-state index contributed by atoms with van der Waals surface area (Å²) in [6.45, 7) is 7.27. The first-order chi connectivity index (χ1) is 16.2. The van der Waals surface area contributed by atoms with E-state index in [0.29, 0.717) is 16.5 Å². The van der Waals surface area contributed by atoms with E-state index in [1.54, 1.807) is 31.2 Å². The van der Waals surface area contributed by atoms with E-state index in [2.05, 4.69) is 18.5 Å². The number of ether oxygens (including phenoxy) is 3. The molecule has 34 heavy (non-hydrogen) atoms. The van der Waals surface area contributed by atoms with Crippen molar-refractivity contribution in [3.63, 3.8) is 0 Å². The largest absolute Gasteiger partial charge is 0.484 e. The molecule has 1 amide bonds. The fraction of sp³-hybridized carbons (Fsp3) is 0.200. The van der Waals surface area contributed by atoms with Gasteiger partial charge in [0, 0.05) is 32.3 Å². The highest BCUT2D eigenvalue weighted by Crippen LogP contribution is 2.27. The van der Waals surface area contributed by atoms with Crippen LogP contribution in [0.15, 0.2) is 72.6 Å². The maximum atomic E-state index is 12.8. The van der Waals surface area contributed by atoms with Crippen molar-refractivity contribution in [3.8, 4) is 5.75 Å². The van der Waals surface area contributed by atoms with Crippen molar-refractivity contribution in [1.29, 1.82) is 0 Å². The van der Waals surface area contributed by atoms with Gasteiger partial charge in [-0.05, 0) is 37.3 Å². The lowest BCUT2D eigenvalue weighted by molar-refractivity contribution is -0.147. The molecule has 2 aromatic carbocycles. The van der Waals surface area contributed by atoms with Gasteiger partial charge in [0.15, 0.2) is 12.0 Å². The van der Waals surface area contributed by atoms with Gasteiger partial charge in [-0.25, -0.2) is 9.59 Å². The number of nitrogens with one attached hydrogen (secondary N) is 1. The quantitative estimate of drug-likeness (QED) is 0.269. The Morgan fingerprint density at radius 2 is 1.59 bits per heavy atom. The molecule has 3 aromatic rings. The van der Waals surface area contributed by atoms with Crippen molar-refractivity contribution in [2.24, 2.45) is 0 Å². The monoisotopic (exact) mass is 481 g/mol. The van der Waals surface area contributed by atoms with Gasteiger partial charge in [0.2, 0.25) is 0 Å². The second-order valence-corrected chi connectivity index (χ2v) is 8.69. The van der Waals surface area contributed by atoms with Gasteiger partial charge in [-0.15, -0.1) is 11.3 Å². The summed E-state index contributed by atoms with van der Waals surface area (Å²) in [5, 5.41) is 3.77. The smallest absolute Gasteiger partial charge is 0.330 e. The molecule has 0 bridgehead atoms. The van der Waals surface area contributed by atoms with Crippen LogP contribution < -0.4 is 15.5 Å². The van der Waals surface area contributed by atoms with E-state index in [1.807, 2.05) is 18.2 Å². The second-order valence-electron chi connectivity index (χ2n) is 7.61. The van der Waals surface area contributed by atoms with Crippen molar-refractivity contribution in [2.45, 2.75) is 12.5 Å². The molecule has 0 fully saturated rings. The van der Waals surface area contributed by atoms with Crippen LogP contribution in [0.4, 0.5) is 0 Å². The zero-order valence-electron chi connectivity index (χ0n) is 18.5. The summed E-state index contributed by atoms with van der Waals surface area (Å²) in [4.78, 5) is 48.3. The number of hydrogen-bond acceptors (Lipinski definition) is 8. The molecule has 0 aliphatic rings. The van der Waals surface area contributed by atoms with Gasteiger partial charge in [-0.1, -0.05) is 25.3 Å². The minimum Gasteiger partial charge on any atom is -0.484 e. The third kappa shape index (κ3) is 6.08. The minimum atomic E-state index is -1.22. The minimum absolute atomic E-state index is 0.111. The van der Waals surface area contributed by atoms with Gasteiger partial charge in [-0.3, -0.25) is 9.59 Å². The fourth-order valence-electron chi connectivity index (χ4n) is 3.09. The maximum absolute atomic E-state index is 12.8. The Morgan fingerprint density at radius 3 is 2.24 bits per heavy atom. The Labute approximate surface area is 199 Å². The number of carbonyl (C=O) groups excluding carboxylic acids is 3. The summed E-state index contributed by atoms with van der Waals surface area (Å²) < 4.78 is 17.3. The Bertz CT molecular complexity index is 1300. The van der Waals surface area contributed by atoms with Crippen molar-refractivity contribution >= 4 is 49.4 Å². The molecule has 0 radical (unpaired) electrons. The van der Waals surface area contributed by atoms with Crippen molar-refractivity contribution in [1.82, 2.24) is 5.32 Å². The molecule has 0 saturated carbocycles. The topological polar surface area (TPSA) is 108 Å². The second kappa shape index (κ2) is 10.8. The van der Waals surface area contributed by atoms with E-state index in [1.165, 1.54) is 11.3 Å². The molecule has 0 aliphatic carbocycles. The summed E-state index contributed by atoms with van der Waals surface area (Å²) in [6.07, 6.45) is 1.96. The zero-order chi connectivity index (χ0) is 24.7. The van der Waals surface area contributed by atoms with Gasteiger partial charge >= 0.3 is 11.9 Å². The van der Waals surface area contributed by atoms with E-state index in [0.717, 1.165) is 21.6 Å². The first-order valence-electron chi connectivity index (χ1n) is 10.2. The van der Waals surface area contributed by atoms with Crippen LogP contribution in [0, 0.1) is 0 Å². The molecule has 176 valence electrons. The van der Waals surface area contributed by atoms with Gasteiger partial charge in [0.05, 0.1) is 0 Å². The van der Waals surface area contributed by atoms with Crippen LogP contribution in [0.25, 0.3) is 20.2 Å². The van der Waals surface area contributed by atoms with Crippen LogP contribution >= 0.6 is 11.3 Å². The highest BCUT2D eigenvalue weighted by atomic mass is 32.1. The molecule has 1 N–H and O–H groups in total. The number of rotatable bonds is 10. The number of carbonyl (C=O) groups is 3. The van der Waals surface area contributed by atoms with Gasteiger partial charge in [0.25, 0.3) is 5.91 Å². The maximum Gasteiger partial charge on any atom is 0.330 e. The van der Waals surface area contributed by atoms with Crippen molar-refractivity contribution < 1.29 is 28.6 Å². The Hall–Kier alpha value is -3.98. The predicted octanol–water partition coefficient (Wildman–Crippen LogP) is 3.13. The molecular weight excluding hydrogens is 458 g/mol. The number of fused-ring (bicyclic) bond motifs is 2. The van der Waals surface area contributed by atoms with E-state index in [9.17, 15) is 19.2 Å². The molecule has 0 unspecified atom stereocenters. The van der Waals surface area contributed by atoms with E-state index in [4.69, 9.17) is 14.2 Å². The van der Waals surface area contributed by atoms with Crippen LogP contribution in [-0.2, 0) is 23.9 Å². The van der Waals surface area contributed by atoms with Gasteiger partial charge in [-0.2, -0.15) is 0 Å². The van der Waals surface area contributed by atoms with Gasteiger partial charge < -0.3 is 19.5 Å². The van der Waals surface area contributed by atoms with Crippen LogP contribution in [0.5, 0.6) is 5.75 Å². The van der Waals surface area contributed by atoms with Crippen LogP contribution in [0.3, 0.4) is 0 Å². The van der Waals surface area contributed by atoms with Gasteiger partial charge in [0.1, 0.15) is 24.5 Å². The first-order valence-corrected chi connectivity index (χ1v) is 11.0.